The molecule has 0 amide bonds. The van der Waals surface area contributed by atoms with E-state index in [4.69, 9.17) is 16.0 Å². The van der Waals surface area contributed by atoms with Crippen molar-refractivity contribution in [2.24, 2.45) is 0 Å². The second kappa shape index (κ2) is 7.34. The zero-order valence-electron chi connectivity index (χ0n) is 10.0. The van der Waals surface area contributed by atoms with Crippen molar-refractivity contribution in [3.63, 3.8) is 0 Å². The van der Waals surface area contributed by atoms with E-state index in [0.29, 0.717) is 11.4 Å². The second-order valence-corrected chi connectivity index (χ2v) is 5.81. The number of nitrogens with two attached hydrogens (primary N) is 2. The van der Waals surface area contributed by atoms with Crippen molar-refractivity contribution >= 4 is 50.7 Å². The molecule has 1 aromatic carbocycles. The number of allylic oxidation sites excluding steroid dienone is 1. The zero-order chi connectivity index (χ0) is 15.2. The summed E-state index contributed by atoms with van der Waals surface area (Å²) in [6.07, 6.45) is 0. The van der Waals surface area contributed by atoms with Crippen molar-refractivity contribution in [1.29, 1.82) is 0 Å². The fourth-order valence-electron chi connectivity index (χ4n) is 0.951. The molecule has 19 heavy (non-hydrogen) atoms. The number of hydrogen-bond acceptors (Lipinski definition) is 6. The molecule has 0 heterocycles. The molecule has 0 bridgehead atoms. The number of nitrogen functional groups attached to an aromatic ring is 2. The number of ether oxygens (including phenoxy) is 1. The molecule has 0 spiro atoms. The van der Waals surface area contributed by atoms with Crippen LogP contribution < -0.4 is 11.5 Å². The number of benzene rings is 1. The molecule has 1 aromatic rings. The highest BCUT2D eigenvalue weighted by Crippen LogP contribution is 2.19. The molecular weight excluding hydrogens is 308 g/mol. The molecule has 0 saturated carbocycles. The topological polar surface area (TPSA) is 116 Å². The lowest BCUT2D eigenvalue weighted by Gasteiger charge is -2.01. The third-order valence-electron chi connectivity index (χ3n) is 1.57. The van der Waals surface area contributed by atoms with Gasteiger partial charge in [-0.25, -0.2) is 0 Å². The van der Waals surface area contributed by atoms with E-state index in [1.54, 1.807) is 6.92 Å². The Morgan fingerprint density at radius 2 is 2.00 bits per heavy atom. The molecule has 9 heteroatoms. The van der Waals surface area contributed by atoms with Gasteiger partial charge in [0, 0.05) is 5.69 Å². The van der Waals surface area contributed by atoms with E-state index in [2.05, 4.69) is 36.2 Å². The molecule has 0 atom stereocenters. The van der Waals surface area contributed by atoms with Crippen LogP contribution in [0.1, 0.15) is 6.92 Å². The molecule has 0 aromatic heterocycles. The average Bonchev–Trinajstić information content (AvgIpc) is 2.13. The minimum absolute atomic E-state index is 0.0579. The van der Waals surface area contributed by atoms with Gasteiger partial charge in [0.25, 0.3) is 10.1 Å². The molecule has 0 saturated heterocycles. The maximum atomic E-state index is 10.6. The SMILES string of the molecule is C=C(C)OC(=S)S.Nc1ccc(S(=O)(=O)O)c(N)c1. The van der Waals surface area contributed by atoms with Gasteiger partial charge in [-0.1, -0.05) is 19.2 Å². The first-order chi connectivity index (χ1) is 8.54. The van der Waals surface area contributed by atoms with E-state index >= 15 is 0 Å². The molecule has 106 valence electrons. The normalized spacial score (nSPS) is 10.1. The quantitative estimate of drug-likeness (QED) is 0.216. The Morgan fingerprint density at radius 3 is 2.26 bits per heavy atom. The molecule has 5 N–H and O–H groups in total. The van der Waals surface area contributed by atoms with Gasteiger partial charge in [-0.15, -0.1) is 0 Å². The van der Waals surface area contributed by atoms with Crippen LogP contribution >= 0.6 is 24.8 Å². The van der Waals surface area contributed by atoms with E-state index in [9.17, 15) is 8.42 Å². The van der Waals surface area contributed by atoms with Crippen LogP contribution in [0.4, 0.5) is 11.4 Å². The summed E-state index contributed by atoms with van der Waals surface area (Å²) >= 11 is 8.14. The molecule has 0 unspecified atom stereocenters. The monoisotopic (exact) mass is 322 g/mol. The summed E-state index contributed by atoms with van der Waals surface area (Å²) in [7, 11) is -4.23. The Morgan fingerprint density at radius 1 is 1.47 bits per heavy atom. The summed E-state index contributed by atoms with van der Waals surface area (Å²) in [5.41, 5.74) is 10.9. The number of rotatable bonds is 2. The first kappa shape index (κ1) is 17.7. The molecule has 1 rings (SSSR count). The van der Waals surface area contributed by atoms with Crippen LogP contribution in [0, 0.1) is 0 Å². The maximum Gasteiger partial charge on any atom is 0.296 e. The fraction of sp³-hybridized carbons (Fsp3) is 0.100. The van der Waals surface area contributed by atoms with Gasteiger partial charge in [-0.3, -0.25) is 4.55 Å². The molecular formula is C10H14N2O4S3. The Labute approximate surface area is 122 Å². The summed E-state index contributed by atoms with van der Waals surface area (Å²) in [5, 5.41) is 0. The van der Waals surface area contributed by atoms with E-state index in [1.165, 1.54) is 12.1 Å². The standard InChI is InChI=1S/C6H8N2O3S.C4H6OS2/c7-4-1-2-6(5(8)3-4)12(9,10)11;1-3(2)5-4(6)7/h1-3H,7-8H2,(H,9,10,11);1H2,2H3,(H,6,7). The summed E-state index contributed by atoms with van der Waals surface area (Å²) in [4.78, 5) is -0.322. The predicted octanol–water partition coefficient (Wildman–Crippen LogP) is 1.85. The second-order valence-electron chi connectivity index (χ2n) is 3.34. The number of thiocarbonyl (C=S) groups is 1. The van der Waals surface area contributed by atoms with Crippen LogP contribution in [0.2, 0.25) is 0 Å². The molecule has 0 fully saturated rings. The lowest BCUT2D eigenvalue weighted by atomic mass is 10.3. The molecule has 0 aliphatic rings. The van der Waals surface area contributed by atoms with Crippen molar-refractivity contribution in [1.82, 2.24) is 0 Å². The lowest BCUT2D eigenvalue weighted by molar-refractivity contribution is 0.443. The third kappa shape index (κ3) is 7.67. The highest BCUT2D eigenvalue weighted by atomic mass is 32.2. The van der Waals surface area contributed by atoms with Crippen LogP contribution in [0.5, 0.6) is 0 Å². The van der Waals surface area contributed by atoms with E-state index in [0.717, 1.165) is 6.07 Å². The minimum atomic E-state index is -4.23. The zero-order valence-corrected chi connectivity index (χ0v) is 12.6. The van der Waals surface area contributed by atoms with Crippen LogP contribution in [0.3, 0.4) is 0 Å². The van der Waals surface area contributed by atoms with Gasteiger partial charge >= 0.3 is 0 Å². The van der Waals surface area contributed by atoms with Gasteiger partial charge in [0.05, 0.1) is 11.4 Å². The highest BCUT2D eigenvalue weighted by Gasteiger charge is 2.12. The van der Waals surface area contributed by atoms with Crippen molar-refractivity contribution < 1.29 is 17.7 Å². The molecule has 0 aliphatic carbocycles. The Balaban J connectivity index is 0.000000399. The van der Waals surface area contributed by atoms with Gasteiger partial charge in [-0.2, -0.15) is 8.42 Å². The number of thiol groups is 1. The van der Waals surface area contributed by atoms with Gasteiger partial charge in [0.15, 0.2) is 0 Å². The van der Waals surface area contributed by atoms with Crippen LogP contribution in [0.25, 0.3) is 0 Å². The smallest absolute Gasteiger partial charge is 0.296 e. The average molecular weight is 322 g/mol. The number of anilines is 2. The third-order valence-corrected chi connectivity index (χ3v) is 2.68. The minimum Gasteiger partial charge on any atom is -0.445 e. The first-order valence-corrected chi connectivity index (χ1v) is 7.02. The Kier molecular flexibility index (Phi) is 6.84. The van der Waals surface area contributed by atoms with Crippen molar-refractivity contribution in [2.45, 2.75) is 11.8 Å². The van der Waals surface area contributed by atoms with E-state index in [1.807, 2.05) is 0 Å². The van der Waals surface area contributed by atoms with E-state index in [-0.39, 0.29) is 15.0 Å². The van der Waals surface area contributed by atoms with Crippen LogP contribution in [-0.4, -0.2) is 17.4 Å². The number of hydrogen-bond donors (Lipinski definition) is 4. The molecule has 0 aliphatic heterocycles. The highest BCUT2D eigenvalue weighted by molar-refractivity contribution is 8.10. The van der Waals surface area contributed by atoms with Gasteiger partial charge in [0.1, 0.15) is 4.90 Å². The lowest BCUT2D eigenvalue weighted by Crippen LogP contribution is -2.03. The van der Waals surface area contributed by atoms with Crippen LogP contribution in [-0.2, 0) is 14.9 Å². The van der Waals surface area contributed by atoms with Gasteiger partial charge in [-0.05, 0) is 37.3 Å². The summed E-state index contributed by atoms with van der Waals surface area (Å²) in [6.45, 7) is 5.15. The van der Waals surface area contributed by atoms with Gasteiger partial charge in [0.2, 0.25) is 4.38 Å². The van der Waals surface area contributed by atoms with Crippen molar-refractivity contribution in [2.75, 3.05) is 11.5 Å². The Bertz CT molecular complexity index is 572. The summed E-state index contributed by atoms with van der Waals surface area (Å²) in [5.74, 6) is 0.569. The van der Waals surface area contributed by atoms with Crippen LogP contribution in [0.15, 0.2) is 35.4 Å². The largest absolute Gasteiger partial charge is 0.445 e. The first-order valence-electron chi connectivity index (χ1n) is 4.72. The Hall–Kier alpha value is -1.29. The maximum absolute atomic E-state index is 10.6. The fourth-order valence-corrected chi connectivity index (χ4v) is 1.85. The van der Waals surface area contributed by atoms with Gasteiger partial charge < -0.3 is 16.2 Å². The summed E-state index contributed by atoms with van der Waals surface area (Å²) in [6, 6.07) is 3.77. The van der Waals surface area contributed by atoms with Crippen molar-refractivity contribution in [3.05, 3.63) is 30.5 Å². The predicted molar refractivity (Wildman–Crippen MR) is 82.6 cm³/mol. The van der Waals surface area contributed by atoms with Crippen molar-refractivity contribution in [3.8, 4) is 0 Å². The molecule has 0 radical (unpaired) electrons. The molecule has 6 nitrogen and oxygen atoms in total. The van der Waals surface area contributed by atoms with E-state index < -0.39 is 10.1 Å². The summed E-state index contributed by atoms with van der Waals surface area (Å²) < 4.78 is 34.7.